The lowest BCUT2D eigenvalue weighted by Gasteiger charge is -2.18. The summed E-state index contributed by atoms with van der Waals surface area (Å²) in [6.07, 6.45) is 2.29. The summed E-state index contributed by atoms with van der Waals surface area (Å²) < 4.78 is 0. The molecule has 4 nitrogen and oxygen atoms in total. The smallest absolute Gasteiger partial charge is 0.244 e. The first-order valence-corrected chi connectivity index (χ1v) is 8.93. The van der Waals surface area contributed by atoms with Gasteiger partial charge in [0.05, 0.1) is 12.1 Å². The molecule has 0 aromatic heterocycles. The molecule has 3 aromatic rings. The number of nitrogens with zero attached hydrogens (tertiary/aromatic N) is 1. The second-order valence-corrected chi connectivity index (χ2v) is 6.79. The van der Waals surface area contributed by atoms with Crippen LogP contribution in [0.25, 0.3) is 0 Å². The highest BCUT2D eigenvalue weighted by molar-refractivity contribution is 5.87. The van der Waals surface area contributed by atoms with E-state index in [1.54, 1.807) is 18.2 Å². The second kappa shape index (κ2) is 7.08. The molecule has 1 aliphatic carbocycles. The van der Waals surface area contributed by atoms with Crippen LogP contribution in [0.5, 0.6) is 5.75 Å². The van der Waals surface area contributed by atoms with E-state index >= 15 is 0 Å². The average Bonchev–Trinajstić information content (AvgIpc) is 3.47. The summed E-state index contributed by atoms with van der Waals surface area (Å²) in [7, 11) is 0. The number of benzene rings is 3. The number of carbonyl (C=O) groups excluding carboxylic acids is 1. The Hall–Kier alpha value is -3.40. The van der Waals surface area contributed by atoms with Crippen LogP contribution in [0.4, 0.5) is 0 Å². The van der Waals surface area contributed by atoms with Gasteiger partial charge in [0, 0.05) is 5.41 Å². The van der Waals surface area contributed by atoms with Gasteiger partial charge in [-0.1, -0.05) is 72.8 Å². The predicted molar refractivity (Wildman–Crippen MR) is 106 cm³/mol. The average molecular weight is 356 g/mol. The van der Waals surface area contributed by atoms with Crippen molar-refractivity contribution >= 4 is 12.1 Å². The van der Waals surface area contributed by atoms with Gasteiger partial charge < -0.3 is 5.11 Å². The maximum absolute atomic E-state index is 12.8. The van der Waals surface area contributed by atoms with Crippen LogP contribution < -0.4 is 5.43 Å². The molecule has 0 spiro atoms. The molecule has 1 aliphatic rings. The monoisotopic (exact) mass is 356 g/mol. The van der Waals surface area contributed by atoms with Crippen LogP contribution in [0, 0.1) is 5.92 Å². The molecule has 2 N–H and O–H groups in total. The molecule has 0 radical (unpaired) electrons. The van der Waals surface area contributed by atoms with Crippen molar-refractivity contribution in [2.24, 2.45) is 11.0 Å². The van der Waals surface area contributed by atoms with E-state index in [1.165, 1.54) is 6.21 Å². The number of amides is 1. The fraction of sp³-hybridized carbons (Fsp3) is 0.130. The Morgan fingerprint density at radius 2 is 1.59 bits per heavy atom. The van der Waals surface area contributed by atoms with Crippen LogP contribution in [0.2, 0.25) is 0 Å². The Labute approximate surface area is 158 Å². The van der Waals surface area contributed by atoms with E-state index in [4.69, 9.17) is 0 Å². The van der Waals surface area contributed by atoms with Crippen LogP contribution in [0.3, 0.4) is 0 Å². The van der Waals surface area contributed by atoms with Gasteiger partial charge in [-0.15, -0.1) is 0 Å². The van der Waals surface area contributed by atoms with Crippen molar-refractivity contribution in [1.29, 1.82) is 0 Å². The molecule has 27 heavy (non-hydrogen) atoms. The molecule has 134 valence electrons. The van der Waals surface area contributed by atoms with E-state index in [0.717, 1.165) is 23.1 Å². The van der Waals surface area contributed by atoms with Crippen molar-refractivity contribution in [3.63, 3.8) is 0 Å². The molecule has 1 fully saturated rings. The molecule has 0 unspecified atom stereocenters. The van der Waals surface area contributed by atoms with Crippen molar-refractivity contribution in [1.82, 2.24) is 5.43 Å². The Balaban J connectivity index is 1.54. The van der Waals surface area contributed by atoms with E-state index in [9.17, 15) is 9.90 Å². The van der Waals surface area contributed by atoms with E-state index in [0.29, 0.717) is 0 Å². The van der Waals surface area contributed by atoms with Crippen LogP contribution >= 0.6 is 0 Å². The number of carbonyl (C=O) groups is 1. The predicted octanol–water partition coefficient (Wildman–Crippen LogP) is 3.85. The SMILES string of the molecule is O=C(NN=Cc1cccc(O)c1)[C@H]1CC1(c1ccccc1)c1ccccc1. The van der Waals surface area contributed by atoms with Crippen molar-refractivity contribution in [3.05, 3.63) is 102 Å². The summed E-state index contributed by atoms with van der Waals surface area (Å²) in [4.78, 5) is 12.8. The fourth-order valence-electron chi connectivity index (χ4n) is 3.71. The molecule has 1 atom stereocenters. The number of hydrazone groups is 1. The molecule has 0 saturated heterocycles. The zero-order valence-electron chi connectivity index (χ0n) is 14.7. The van der Waals surface area contributed by atoms with Crippen LogP contribution in [0.15, 0.2) is 90.0 Å². The summed E-state index contributed by atoms with van der Waals surface area (Å²) >= 11 is 0. The minimum atomic E-state index is -0.298. The first kappa shape index (κ1) is 17.0. The maximum atomic E-state index is 12.8. The lowest BCUT2D eigenvalue weighted by Crippen LogP contribution is -2.25. The third kappa shape index (κ3) is 3.34. The number of nitrogens with one attached hydrogen (secondary N) is 1. The Morgan fingerprint density at radius 1 is 0.963 bits per heavy atom. The van der Waals surface area contributed by atoms with Gasteiger partial charge in [-0.2, -0.15) is 5.10 Å². The van der Waals surface area contributed by atoms with Gasteiger partial charge in [0.2, 0.25) is 5.91 Å². The van der Waals surface area contributed by atoms with E-state index in [-0.39, 0.29) is 23.0 Å². The van der Waals surface area contributed by atoms with Gasteiger partial charge >= 0.3 is 0 Å². The molecule has 0 heterocycles. The number of phenolic OH excluding ortho intramolecular Hbond substituents is 1. The molecule has 4 heteroatoms. The molecule has 1 amide bonds. The summed E-state index contributed by atoms with van der Waals surface area (Å²) in [6, 6.07) is 27.0. The summed E-state index contributed by atoms with van der Waals surface area (Å²) in [6.45, 7) is 0. The van der Waals surface area contributed by atoms with Gasteiger partial charge in [0.15, 0.2) is 0 Å². The van der Waals surface area contributed by atoms with Crippen LogP contribution in [0.1, 0.15) is 23.1 Å². The van der Waals surface area contributed by atoms with Gasteiger partial charge in [-0.25, -0.2) is 5.43 Å². The first-order chi connectivity index (χ1) is 13.2. The number of hydrogen-bond acceptors (Lipinski definition) is 3. The molecule has 3 aromatic carbocycles. The lowest BCUT2D eigenvalue weighted by molar-refractivity contribution is -0.122. The standard InChI is InChI=1S/C23H20N2O2/c26-20-13-7-8-17(14-20)16-24-25-22(27)21-15-23(21,18-9-3-1-4-10-18)19-11-5-2-6-12-19/h1-14,16,21,26H,15H2,(H,25,27)/t21-/m1/s1. The van der Waals surface area contributed by atoms with Crippen LogP contribution in [-0.4, -0.2) is 17.2 Å². The highest BCUT2D eigenvalue weighted by Gasteiger charge is 2.60. The highest BCUT2D eigenvalue weighted by Crippen LogP contribution is 2.58. The Morgan fingerprint density at radius 3 is 2.19 bits per heavy atom. The van der Waals surface area contributed by atoms with E-state index in [1.807, 2.05) is 42.5 Å². The Kier molecular flexibility index (Phi) is 4.47. The van der Waals surface area contributed by atoms with Gasteiger partial charge in [-0.05, 0) is 35.2 Å². The van der Waals surface area contributed by atoms with E-state index in [2.05, 4.69) is 34.8 Å². The van der Waals surface area contributed by atoms with E-state index < -0.39 is 0 Å². The summed E-state index contributed by atoms with van der Waals surface area (Å²) in [5.74, 6) is -0.0950. The van der Waals surface area contributed by atoms with Crippen molar-refractivity contribution < 1.29 is 9.90 Å². The van der Waals surface area contributed by atoms with Crippen molar-refractivity contribution in [2.75, 3.05) is 0 Å². The molecular formula is C23H20N2O2. The van der Waals surface area contributed by atoms with Crippen LogP contribution in [-0.2, 0) is 10.2 Å². The van der Waals surface area contributed by atoms with Gasteiger partial charge in [0.25, 0.3) is 0 Å². The van der Waals surface area contributed by atoms with Gasteiger partial charge in [-0.3, -0.25) is 4.79 Å². The minimum absolute atomic E-state index is 0.0980. The number of phenols is 1. The van der Waals surface area contributed by atoms with Crippen molar-refractivity contribution in [3.8, 4) is 5.75 Å². The molecule has 0 aliphatic heterocycles. The fourth-order valence-corrected chi connectivity index (χ4v) is 3.71. The molecule has 4 rings (SSSR count). The number of hydrogen-bond donors (Lipinski definition) is 2. The third-order valence-electron chi connectivity index (χ3n) is 5.11. The highest BCUT2D eigenvalue weighted by atomic mass is 16.3. The first-order valence-electron chi connectivity index (χ1n) is 8.93. The summed E-state index contributed by atoms with van der Waals surface area (Å²) in [5.41, 5.74) is 5.38. The lowest BCUT2D eigenvalue weighted by atomic mass is 9.85. The normalized spacial score (nSPS) is 17.6. The number of rotatable bonds is 5. The zero-order valence-corrected chi connectivity index (χ0v) is 14.7. The topological polar surface area (TPSA) is 61.7 Å². The molecular weight excluding hydrogens is 336 g/mol. The minimum Gasteiger partial charge on any atom is -0.508 e. The third-order valence-corrected chi connectivity index (χ3v) is 5.11. The van der Waals surface area contributed by atoms with Gasteiger partial charge in [0.1, 0.15) is 5.75 Å². The molecule has 0 bridgehead atoms. The quantitative estimate of drug-likeness (QED) is 0.539. The maximum Gasteiger partial charge on any atom is 0.244 e. The Bertz CT molecular complexity index is 928. The zero-order chi connectivity index (χ0) is 18.7. The number of aromatic hydroxyl groups is 1. The second-order valence-electron chi connectivity index (χ2n) is 6.79. The largest absolute Gasteiger partial charge is 0.508 e. The molecule has 1 saturated carbocycles. The summed E-state index contributed by atoms with van der Waals surface area (Å²) in [5, 5.41) is 13.6. The van der Waals surface area contributed by atoms with Crippen molar-refractivity contribution in [2.45, 2.75) is 11.8 Å².